The van der Waals surface area contributed by atoms with Gasteiger partial charge in [-0.1, -0.05) is 126 Å². The van der Waals surface area contributed by atoms with Gasteiger partial charge in [-0.15, -0.1) is 47.4 Å². The van der Waals surface area contributed by atoms with Crippen molar-refractivity contribution in [2.75, 3.05) is 0 Å². The van der Waals surface area contributed by atoms with Crippen molar-refractivity contribution in [2.24, 2.45) is 23.7 Å². The maximum atomic E-state index is 3.53. The Balaban J connectivity index is 0.000000177. The van der Waals surface area contributed by atoms with Gasteiger partial charge in [-0.05, 0) is 73.2 Å². The van der Waals surface area contributed by atoms with E-state index in [2.05, 4.69) is 158 Å². The molecule has 0 amide bonds. The van der Waals surface area contributed by atoms with E-state index in [0.29, 0.717) is 0 Å². The summed E-state index contributed by atoms with van der Waals surface area (Å²) in [5, 5.41) is 0. The molecule has 4 saturated carbocycles. The zero-order valence-corrected chi connectivity index (χ0v) is 36.8. The van der Waals surface area contributed by atoms with Crippen LogP contribution in [0.4, 0.5) is 0 Å². The molecule has 5 aromatic rings. The normalized spacial score (nSPS) is 21.5. The summed E-state index contributed by atoms with van der Waals surface area (Å²) in [5.74, 6) is 5.22. The summed E-state index contributed by atoms with van der Waals surface area (Å²) in [6.07, 6.45) is 10.9. The van der Waals surface area contributed by atoms with Gasteiger partial charge in [0.15, 0.2) is 0 Å². The zero-order chi connectivity index (χ0) is 35.0. The van der Waals surface area contributed by atoms with Crippen LogP contribution in [0.3, 0.4) is 0 Å². The van der Waals surface area contributed by atoms with E-state index >= 15 is 0 Å². The molecule has 5 aliphatic rings. The van der Waals surface area contributed by atoms with E-state index in [1.807, 2.05) is 12.1 Å². The van der Waals surface area contributed by atoms with Crippen molar-refractivity contribution in [2.45, 2.75) is 104 Å². The van der Waals surface area contributed by atoms with Gasteiger partial charge in [0.2, 0.25) is 0 Å². The first-order valence-electron chi connectivity index (χ1n) is 19.3. The van der Waals surface area contributed by atoms with Crippen LogP contribution in [0.15, 0.2) is 109 Å². The molecule has 0 N–H and O–H groups in total. The monoisotopic (exact) mass is 817 g/mol. The fourth-order valence-electron chi connectivity index (χ4n) is 9.54. The maximum Gasteiger partial charge on any atom is 2.00 e. The Labute approximate surface area is 353 Å². The number of hydrogen-bond donors (Lipinski definition) is 0. The molecule has 0 radical (unpaired) electrons. The molecule has 0 unspecified atom stereocenters. The first-order valence-corrected chi connectivity index (χ1v) is 19.3. The Kier molecular flexibility index (Phi) is 14.7. The van der Waals surface area contributed by atoms with Crippen LogP contribution >= 0.6 is 0 Å². The van der Waals surface area contributed by atoms with Crippen molar-refractivity contribution >= 4 is 0 Å². The molecule has 4 bridgehead atoms. The third kappa shape index (κ3) is 10.3. The fraction of sp³-hybridized carbons (Fsp3) is 0.400. The van der Waals surface area contributed by atoms with Crippen molar-refractivity contribution in [3.63, 3.8) is 0 Å². The van der Waals surface area contributed by atoms with Gasteiger partial charge in [-0.3, -0.25) is 0 Å². The van der Waals surface area contributed by atoms with E-state index in [0.717, 1.165) is 36.0 Å². The van der Waals surface area contributed by atoms with Gasteiger partial charge in [-0.25, -0.2) is 6.07 Å². The Morgan fingerprint density at radius 3 is 1.66 bits per heavy atom. The minimum absolute atomic E-state index is 0. The fourth-order valence-corrected chi connectivity index (χ4v) is 9.54. The molecule has 0 heterocycles. The maximum absolute atomic E-state index is 3.53. The summed E-state index contributed by atoms with van der Waals surface area (Å²) in [4.78, 5) is 0. The number of benzene rings is 4. The van der Waals surface area contributed by atoms with Crippen molar-refractivity contribution in [3.05, 3.63) is 166 Å². The van der Waals surface area contributed by atoms with Crippen LogP contribution in [0.2, 0.25) is 0 Å². The van der Waals surface area contributed by atoms with Crippen LogP contribution < -0.4 is 24.8 Å². The van der Waals surface area contributed by atoms with Gasteiger partial charge in [0.25, 0.3) is 0 Å². The number of hydrogen-bond acceptors (Lipinski definition) is 0. The zero-order valence-electron chi connectivity index (χ0n) is 32.9. The third-order valence-corrected chi connectivity index (χ3v) is 12.0. The van der Waals surface area contributed by atoms with E-state index in [-0.39, 0.29) is 61.8 Å². The van der Waals surface area contributed by atoms with Crippen molar-refractivity contribution in [1.29, 1.82) is 0 Å². The summed E-state index contributed by atoms with van der Waals surface area (Å²) in [6.45, 7) is 15.9. The topological polar surface area (TPSA) is 0 Å². The summed E-state index contributed by atoms with van der Waals surface area (Å²) in [6, 6.07) is 42.9. The van der Waals surface area contributed by atoms with Gasteiger partial charge in [-0.2, -0.15) is 52.6 Å². The molecular weight excluding hydrogens is 763 g/mol. The predicted octanol–water partition coefficient (Wildman–Crippen LogP) is 7.20. The molecule has 278 valence electrons. The molecule has 10 rings (SSSR count). The Morgan fingerprint density at radius 2 is 1.17 bits per heavy atom. The van der Waals surface area contributed by atoms with Crippen LogP contribution in [-0.4, -0.2) is 0 Å². The predicted molar refractivity (Wildman–Crippen MR) is 213 cm³/mol. The van der Waals surface area contributed by atoms with E-state index in [1.165, 1.54) is 50.1 Å². The smallest absolute Gasteiger partial charge is 1.00 e. The van der Waals surface area contributed by atoms with Crippen LogP contribution in [0, 0.1) is 43.1 Å². The Hall–Kier alpha value is -2.44. The van der Waals surface area contributed by atoms with Crippen LogP contribution in [0.1, 0.15) is 124 Å². The van der Waals surface area contributed by atoms with E-state index in [9.17, 15) is 0 Å². The number of fused-ring (bicyclic) bond motifs is 3. The minimum Gasteiger partial charge on any atom is -1.00 e. The van der Waals surface area contributed by atoms with E-state index < -0.39 is 0 Å². The van der Waals surface area contributed by atoms with Gasteiger partial charge >= 0.3 is 26.2 Å². The first kappa shape index (κ1) is 43.3. The average Bonchev–Trinajstić information content (AvgIpc) is 3.67. The Bertz CT molecular complexity index is 1760. The number of rotatable bonds is 3. The molecule has 0 atom stereocenters. The second kappa shape index (κ2) is 18.0. The number of aryl methyl sites for hydroxylation is 1. The largest absolute Gasteiger partial charge is 2.00 e. The molecule has 0 nitrogen and oxygen atoms in total. The quantitative estimate of drug-likeness (QED) is 0.166. The number of halogens is 2. The summed E-state index contributed by atoms with van der Waals surface area (Å²) in [5.41, 5.74) is 14.4. The molecule has 0 aromatic heterocycles. The van der Waals surface area contributed by atoms with Crippen molar-refractivity contribution in [3.8, 4) is 11.1 Å². The van der Waals surface area contributed by atoms with Crippen LogP contribution in [0.25, 0.3) is 11.1 Å². The third-order valence-electron chi connectivity index (χ3n) is 12.0. The molecule has 0 saturated heterocycles. The van der Waals surface area contributed by atoms with Crippen LogP contribution in [-0.2, 0) is 43.5 Å². The van der Waals surface area contributed by atoms with Crippen molar-refractivity contribution in [1.82, 2.24) is 0 Å². The van der Waals surface area contributed by atoms with Gasteiger partial charge in [0.1, 0.15) is 0 Å². The SMILES string of the molecule is CC(C)(C)c1c[c-]c2c(c1)-c1cc(C(C)(C)C)ccc1C2.Cc1cc(C2C3CC4CC(C3)CC2C4)c[cH-]1.[Cl-].[Cl-].[Zr+2].c1ccc([CH-]c2ccccc2)cc1. The molecule has 5 aromatic carbocycles. The van der Waals surface area contributed by atoms with E-state index in [1.54, 1.807) is 37.7 Å². The molecule has 0 aliphatic heterocycles. The minimum atomic E-state index is 0. The summed E-state index contributed by atoms with van der Waals surface area (Å²) in [7, 11) is 0. The van der Waals surface area contributed by atoms with Crippen LogP contribution in [0.5, 0.6) is 0 Å². The average molecular weight is 820 g/mol. The second-order valence-electron chi connectivity index (χ2n) is 18.0. The molecule has 0 spiro atoms. The van der Waals surface area contributed by atoms with Gasteiger partial charge in [0, 0.05) is 0 Å². The molecular formula is C50H57Cl2Zr-3. The molecule has 5 aliphatic carbocycles. The molecule has 4 fully saturated rings. The summed E-state index contributed by atoms with van der Waals surface area (Å²) < 4.78 is 0. The first-order chi connectivity index (χ1) is 23.9. The molecule has 3 heteroatoms. The van der Waals surface area contributed by atoms with E-state index in [4.69, 9.17) is 0 Å². The Morgan fingerprint density at radius 1 is 0.642 bits per heavy atom. The van der Waals surface area contributed by atoms with Gasteiger partial charge in [0.05, 0.1) is 0 Å². The molecule has 53 heavy (non-hydrogen) atoms. The van der Waals surface area contributed by atoms with Gasteiger partial charge < -0.3 is 24.8 Å². The summed E-state index contributed by atoms with van der Waals surface area (Å²) >= 11 is 0. The second-order valence-corrected chi connectivity index (χ2v) is 18.0. The van der Waals surface area contributed by atoms with Crippen molar-refractivity contribution < 1.29 is 51.0 Å². The standard InChI is InChI=1S/C21H25.C16H21.C13H11.2ClH.Zr/c1-20(2,3)16-9-7-14-11-15-8-10-17(21(4,5)6)13-19(15)18(14)12-16;1-10-2-3-13(4-10)16-14-6-11-5-12(8-14)9-15(16)7-11;1-3-7-12(8-4-1)11-13-9-5-2-6-10-13;;;/h7,9-10,12-13H,11H2,1-6H3;2-4,11-12,14-16H,5-9H2,1H3;1-11H;2*1H;/q3*-1;;;+2/p-2.